The molecule has 0 spiro atoms. The molecule has 0 aliphatic heterocycles. The Labute approximate surface area is 153 Å². The van der Waals surface area contributed by atoms with Gasteiger partial charge in [-0.25, -0.2) is 0 Å². The number of aliphatic hydroxyl groups is 1. The number of benzene rings is 3. The average molecular weight is 346 g/mol. The van der Waals surface area contributed by atoms with Crippen LogP contribution in [0.5, 0.6) is 11.5 Å². The SMILES string of the molecule is COc1ccc(C2(O)c3ccccc3CCc3ccccc32)cc1OC. The van der Waals surface area contributed by atoms with Crippen LogP contribution in [0.1, 0.15) is 27.8 Å². The van der Waals surface area contributed by atoms with Crippen LogP contribution in [-0.2, 0) is 18.4 Å². The van der Waals surface area contributed by atoms with Crippen LogP contribution in [0.25, 0.3) is 0 Å². The molecule has 0 bridgehead atoms. The monoisotopic (exact) mass is 346 g/mol. The van der Waals surface area contributed by atoms with Crippen LogP contribution in [0.3, 0.4) is 0 Å². The van der Waals surface area contributed by atoms with Crippen molar-refractivity contribution in [3.8, 4) is 11.5 Å². The molecule has 1 N–H and O–H groups in total. The Bertz CT molecular complexity index is 898. The fourth-order valence-corrected chi connectivity index (χ4v) is 3.97. The van der Waals surface area contributed by atoms with Crippen LogP contribution in [0.4, 0.5) is 0 Å². The second-order valence-electron chi connectivity index (χ2n) is 6.59. The third-order valence-corrected chi connectivity index (χ3v) is 5.28. The molecule has 0 saturated carbocycles. The molecule has 3 nitrogen and oxygen atoms in total. The van der Waals surface area contributed by atoms with Gasteiger partial charge in [-0.3, -0.25) is 0 Å². The van der Waals surface area contributed by atoms with E-state index in [9.17, 15) is 5.11 Å². The maximum absolute atomic E-state index is 12.1. The van der Waals surface area contributed by atoms with Crippen LogP contribution in [0, 0.1) is 0 Å². The molecule has 0 radical (unpaired) electrons. The minimum Gasteiger partial charge on any atom is -0.493 e. The summed E-state index contributed by atoms with van der Waals surface area (Å²) in [6, 6.07) is 21.9. The number of aryl methyl sites for hydroxylation is 2. The molecule has 3 heteroatoms. The van der Waals surface area contributed by atoms with Crippen molar-refractivity contribution >= 4 is 0 Å². The lowest BCUT2D eigenvalue weighted by molar-refractivity contribution is 0.124. The van der Waals surface area contributed by atoms with Crippen molar-refractivity contribution < 1.29 is 14.6 Å². The zero-order valence-electron chi connectivity index (χ0n) is 15.0. The van der Waals surface area contributed by atoms with E-state index in [-0.39, 0.29) is 0 Å². The Balaban J connectivity index is 2.02. The molecule has 0 atom stereocenters. The highest BCUT2D eigenvalue weighted by atomic mass is 16.5. The number of methoxy groups -OCH3 is 2. The van der Waals surface area contributed by atoms with E-state index in [1.54, 1.807) is 14.2 Å². The van der Waals surface area contributed by atoms with Gasteiger partial charge in [0.25, 0.3) is 0 Å². The summed E-state index contributed by atoms with van der Waals surface area (Å²) >= 11 is 0. The lowest BCUT2D eigenvalue weighted by Gasteiger charge is -2.32. The van der Waals surface area contributed by atoms with Gasteiger partial charge < -0.3 is 14.6 Å². The molecule has 26 heavy (non-hydrogen) atoms. The van der Waals surface area contributed by atoms with Crippen molar-refractivity contribution in [2.24, 2.45) is 0 Å². The zero-order valence-corrected chi connectivity index (χ0v) is 15.0. The molecule has 0 heterocycles. The van der Waals surface area contributed by atoms with E-state index in [2.05, 4.69) is 12.1 Å². The Kier molecular flexibility index (Phi) is 4.17. The number of rotatable bonds is 3. The molecule has 1 aliphatic rings. The molecule has 1 aliphatic carbocycles. The van der Waals surface area contributed by atoms with E-state index in [1.165, 1.54) is 11.1 Å². The van der Waals surface area contributed by atoms with Gasteiger partial charge in [-0.05, 0) is 52.8 Å². The van der Waals surface area contributed by atoms with E-state index in [0.29, 0.717) is 11.5 Å². The van der Waals surface area contributed by atoms with Crippen LogP contribution in [-0.4, -0.2) is 19.3 Å². The molecule has 0 aromatic heterocycles. The molecule has 132 valence electrons. The number of fused-ring (bicyclic) bond motifs is 2. The maximum atomic E-state index is 12.1. The summed E-state index contributed by atoms with van der Waals surface area (Å²) in [5.74, 6) is 1.26. The maximum Gasteiger partial charge on any atom is 0.161 e. The van der Waals surface area contributed by atoms with Crippen molar-refractivity contribution in [1.29, 1.82) is 0 Å². The third-order valence-electron chi connectivity index (χ3n) is 5.28. The molecule has 3 aromatic carbocycles. The van der Waals surface area contributed by atoms with Crippen LogP contribution in [0.2, 0.25) is 0 Å². The molecule has 0 unspecified atom stereocenters. The normalized spacial score (nSPS) is 14.7. The van der Waals surface area contributed by atoms with E-state index in [0.717, 1.165) is 29.5 Å². The van der Waals surface area contributed by atoms with Crippen molar-refractivity contribution in [2.45, 2.75) is 18.4 Å². The highest BCUT2D eigenvalue weighted by Crippen LogP contribution is 2.44. The smallest absolute Gasteiger partial charge is 0.161 e. The van der Waals surface area contributed by atoms with Crippen LogP contribution >= 0.6 is 0 Å². The van der Waals surface area contributed by atoms with Gasteiger partial charge in [0.2, 0.25) is 0 Å². The fraction of sp³-hybridized carbons (Fsp3) is 0.217. The van der Waals surface area contributed by atoms with Gasteiger partial charge in [-0.15, -0.1) is 0 Å². The Morgan fingerprint density at radius 2 is 1.27 bits per heavy atom. The first-order chi connectivity index (χ1) is 12.7. The third kappa shape index (κ3) is 2.47. The zero-order chi connectivity index (χ0) is 18.1. The lowest BCUT2D eigenvalue weighted by atomic mass is 9.78. The van der Waals surface area contributed by atoms with Gasteiger partial charge in [0.15, 0.2) is 11.5 Å². The molecule has 0 fully saturated rings. The first-order valence-corrected chi connectivity index (χ1v) is 8.80. The average Bonchev–Trinajstić information content (AvgIpc) is 2.83. The second-order valence-corrected chi connectivity index (χ2v) is 6.59. The number of hydrogen-bond donors (Lipinski definition) is 1. The molecule has 0 saturated heterocycles. The van der Waals surface area contributed by atoms with Crippen LogP contribution < -0.4 is 9.47 Å². The van der Waals surface area contributed by atoms with Crippen molar-refractivity contribution in [3.63, 3.8) is 0 Å². The van der Waals surface area contributed by atoms with Crippen molar-refractivity contribution in [3.05, 3.63) is 94.5 Å². The van der Waals surface area contributed by atoms with E-state index < -0.39 is 5.60 Å². The second kappa shape index (κ2) is 6.50. The molecular weight excluding hydrogens is 324 g/mol. The van der Waals surface area contributed by atoms with Gasteiger partial charge in [0, 0.05) is 0 Å². The summed E-state index contributed by atoms with van der Waals surface area (Å²) in [6.45, 7) is 0. The molecular formula is C23H22O3. The van der Waals surface area contributed by atoms with Gasteiger partial charge in [-0.2, -0.15) is 0 Å². The lowest BCUT2D eigenvalue weighted by Crippen LogP contribution is -2.30. The summed E-state index contributed by atoms with van der Waals surface area (Å²) in [5.41, 5.74) is 3.73. The minimum atomic E-state index is -1.23. The first-order valence-electron chi connectivity index (χ1n) is 8.80. The van der Waals surface area contributed by atoms with Gasteiger partial charge in [0.05, 0.1) is 14.2 Å². The predicted octanol–water partition coefficient (Wildman–Crippen LogP) is 4.09. The van der Waals surface area contributed by atoms with Gasteiger partial charge in [-0.1, -0.05) is 54.6 Å². The van der Waals surface area contributed by atoms with E-state index in [4.69, 9.17) is 9.47 Å². The van der Waals surface area contributed by atoms with Crippen molar-refractivity contribution in [2.75, 3.05) is 14.2 Å². The Morgan fingerprint density at radius 3 is 1.81 bits per heavy atom. The highest BCUT2D eigenvalue weighted by molar-refractivity contribution is 5.57. The summed E-state index contributed by atoms with van der Waals surface area (Å²) < 4.78 is 10.9. The quantitative estimate of drug-likeness (QED) is 0.776. The molecule has 0 amide bonds. The highest BCUT2D eigenvalue weighted by Gasteiger charge is 2.39. The first kappa shape index (κ1) is 16.7. The van der Waals surface area contributed by atoms with Gasteiger partial charge >= 0.3 is 0 Å². The molecule has 3 aromatic rings. The van der Waals surface area contributed by atoms with E-state index >= 15 is 0 Å². The topological polar surface area (TPSA) is 38.7 Å². The largest absolute Gasteiger partial charge is 0.493 e. The standard InChI is InChI=1S/C23H22O3/c1-25-21-14-13-18(15-22(21)26-2)23(24)19-9-5-3-7-16(19)11-12-17-8-4-6-10-20(17)23/h3-10,13-15,24H,11-12H2,1-2H3. The summed E-state index contributed by atoms with van der Waals surface area (Å²) in [5, 5.41) is 12.1. The van der Waals surface area contributed by atoms with E-state index in [1.807, 2.05) is 54.6 Å². The van der Waals surface area contributed by atoms with Crippen molar-refractivity contribution in [1.82, 2.24) is 0 Å². The molecule has 4 rings (SSSR count). The summed E-state index contributed by atoms with van der Waals surface area (Å²) in [6.07, 6.45) is 1.81. The Hall–Kier alpha value is -2.78. The minimum absolute atomic E-state index is 0.609. The number of ether oxygens (including phenoxy) is 2. The predicted molar refractivity (Wildman–Crippen MR) is 102 cm³/mol. The Morgan fingerprint density at radius 1 is 0.731 bits per heavy atom. The number of hydrogen-bond acceptors (Lipinski definition) is 3. The van der Waals surface area contributed by atoms with Gasteiger partial charge in [0.1, 0.15) is 5.60 Å². The fourth-order valence-electron chi connectivity index (χ4n) is 3.97. The summed E-state index contributed by atoms with van der Waals surface area (Å²) in [4.78, 5) is 0. The van der Waals surface area contributed by atoms with Crippen LogP contribution in [0.15, 0.2) is 66.7 Å². The summed E-state index contributed by atoms with van der Waals surface area (Å²) in [7, 11) is 3.23.